The van der Waals surface area contributed by atoms with E-state index in [1.807, 2.05) is 32.0 Å². The molecule has 1 rings (SSSR count). The third kappa shape index (κ3) is 4.05. The van der Waals surface area contributed by atoms with Crippen molar-refractivity contribution in [3.63, 3.8) is 0 Å². The first-order valence-electron chi connectivity index (χ1n) is 5.70. The number of allylic oxidation sites excluding steroid dienone is 1. The maximum absolute atomic E-state index is 11.6. The van der Waals surface area contributed by atoms with Gasteiger partial charge in [0.05, 0.1) is 0 Å². The van der Waals surface area contributed by atoms with Crippen molar-refractivity contribution >= 4 is 17.6 Å². The van der Waals surface area contributed by atoms with E-state index in [4.69, 9.17) is 4.74 Å². The van der Waals surface area contributed by atoms with Crippen molar-refractivity contribution in [2.75, 3.05) is 11.9 Å². The Hall–Kier alpha value is -2.10. The summed E-state index contributed by atoms with van der Waals surface area (Å²) < 4.78 is 4.75. The van der Waals surface area contributed by atoms with Crippen LogP contribution in [0.5, 0.6) is 0 Å². The highest BCUT2D eigenvalue weighted by atomic mass is 16.5. The quantitative estimate of drug-likeness (QED) is 0.656. The third-order valence-electron chi connectivity index (χ3n) is 2.53. The lowest BCUT2D eigenvalue weighted by Crippen LogP contribution is -2.20. The van der Waals surface area contributed by atoms with Gasteiger partial charge in [-0.15, -0.1) is 0 Å². The van der Waals surface area contributed by atoms with E-state index in [0.717, 1.165) is 16.8 Å². The Bertz CT molecular complexity index is 478. The molecule has 0 spiro atoms. The number of carbonyl (C=O) groups excluding carboxylic acids is 2. The molecule has 0 atom stereocenters. The van der Waals surface area contributed by atoms with Crippen LogP contribution >= 0.6 is 0 Å². The Morgan fingerprint density at radius 3 is 2.72 bits per heavy atom. The number of benzene rings is 1. The zero-order valence-corrected chi connectivity index (χ0v) is 10.8. The van der Waals surface area contributed by atoms with Crippen LogP contribution in [0.4, 0.5) is 5.69 Å². The number of esters is 1. The molecule has 0 fully saturated rings. The number of hydrogen-bond donors (Lipinski definition) is 1. The molecule has 96 valence electrons. The lowest BCUT2D eigenvalue weighted by atomic mass is 10.1. The number of aryl methyl sites for hydroxylation is 1. The minimum Gasteiger partial charge on any atom is -0.452 e. The van der Waals surface area contributed by atoms with Crippen molar-refractivity contribution in [1.29, 1.82) is 0 Å². The highest BCUT2D eigenvalue weighted by Gasteiger charge is 2.07. The van der Waals surface area contributed by atoms with Gasteiger partial charge in [0.1, 0.15) is 0 Å². The summed E-state index contributed by atoms with van der Waals surface area (Å²) in [5, 5.41) is 2.71. The average Bonchev–Trinajstić information content (AvgIpc) is 2.33. The predicted molar refractivity (Wildman–Crippen MR) is 70.3 cm³/mol. The van der Waals surface area contributed by atoms with Gasteiger partial charge in [-0.3, -0.25) is 4.79 Å². The number of carbonyl (C=O) groups is 2. The molecule has 0 saturated heterocycles. The van der Waals surface area contributed by atoms with Crippen LogP contribution in [0.15, 0.2) is 30.4 Å². The molecule has 0 aliphatic carbocycles. The third-order valence-corrected chi connectivity index (χ3v) is 2.53. The normalized spacial score (nSPS) is 10.4. The van der Waals surface area contributed by atoms with Gasteiger partial charge in [-0.2, -0.15) is 0 Å². The standard InChI is InChI=1S/C14H17NO3/c1-4-6-14(17)18-9-13(16)15-12-8-5-7-10(2)11(12)3/h4-8H,9H2,1-3H3,(H,15,16)/b6-4+. The molecule has 18 heavy (non-hydrogen) atoms. The van der Waals surface area contributed by atoms with Crippen molar-refractivity contribution in [1.82, 2.24) is 0 Å². The number of anilines is 1. The number of ether oxygens (including phenoxy) is 1. The van der Waals surface area contributed by atoms with Crippen molar-refractivity contribution in [3.8, 4) is 0 Å². The van der Waals surface area contributed by atoms with E-state index in [9.17, 15) is 9.59 Å². The Labute approximate surface area is 107 Å². The van der Waals surface area contributed by atoms with E-state index in [1.165, 1.54) is 6.08 Å². The van der Waals surface area contributed by atoms with E-state index in [1.54, 1.807) is 13.0 Å². The van der Waals surface area contributed by atoms with Gasteiger partial charge in [-0.05, 0) is 38.0 Å². The molecular weight excluding hydrogens is 230 g/mol. The van der Waals surface area contributed by atoms with Crippen LogP contribution in [-0.4, -0.2) is 18.5 Å². The first-order chi connectivity index (χ1) is 8.54. The van der Waals surface area contributed by atoms with Gasteiger partial charge in [-0.25, -0.2) is 4.79 Å². The highest BCUT2D eigenvalue weighted by Crippen LogP contribution is 2.17. The van der Waals surface area contributed by atoms with Crippen molar-refractivity contribution in [3.05, 3.63) is 41.5 Å². The zero-order chi connectivity index (χ0) is 13.5. The van der Waals surface area contributed by atoms with Gasteiger partial charge in [0.25, 0.3) is 5.91 Å². The molecule has 0 heterocycles. The summed E-state index contributed by atoms with van der Waals surface area (Å²) in [6.45, 7) is 5.32. The molecule has 0 unspecified atom stereocenters. The van der Waals surface area contributed by atoms with Gasteiger partial charge in [0, 0.05) is 11.8 Å². The second-order valence-corrected chi connectivity index (χ2v) is 3.90. The van der Waals surface area contributed by atoms with E-state index in [2.05, 4.69) is 5.32 Å². The molecule has 0 aliphatic rings. The Morgan fingerprint density at radius 1 is 1.33 bits per heavy atom. The van der Waals surface area contributed by atoms with Crippen LogP contribution in [0.1, 0.15) is 18.1 Å². The second kappa shape index (κ2) is 6.59. The number of amides is 1. The van der Waals surface area contributed by atoms with Gasteiger partial charge >= 0.3 is 5.97 Å². The van der Waals surface area contributed by atoms with E-state index in [-0.39, 0.29) is 12.5 Å². The fourth-order valence-electron chi connectivity index (χ4n) is 1.39. The lowest BCUT2D eigenvalue weighted by molar-refractivity contribution is -0.142. The molecule has 4 heteroatoms. The summed E-state index contributed by atoms with van der Waals surface area (Å²) in [5.74, 6) is -0.866. The summed E-state index contributed by atoms with van der Waals surface area (Å²) >= 11 is 0. The molecule has 0 aromatic heterocycles. The van der Waals surface area contributed by atoms with Crippen LogP contribution < -0.4 is 5.32 Å². The maximum atomic E-state index is 11.6. The van der Waals surface area contributed by atoms with Crippen molar-refractivity contribution < 1.29 is 14.3 Å². The molecule has 4 nitrogen and oxygen atoms in total. The first kappa shape index (κ1) is 14.0. The van der Waals surface area contributed by atoms with E-state index >= 15 is 0 Å². The zero-order valence-electron chi connectivity index (χ0n) is 10.8. The smallest absolute Gasteiger partial charge is 0.330 e. The second-order valence-electron chi connectivity index (χ2n) is 3.90. The summed E-state index contributed by atoms with van der Waals surface area (Å²) in [7, 11) is 0. The number of rotatable bonds is 4. The van der Waals surface area contributed by atoms with Crippen LogP contribution in [-0.2, 0) is 14.3 Å². The minimum atomic E-state index is -0.520. The summed E-state index contributed by atoms with van der Waals surface area (Å²) in [4.78, 5) is 22.6. The summed E-state index contributed by atoms with van der Waals surface area (Å²) in [6.07, 6.45) is 2.83. The Balaban J connectivity index is 2.55. The molecule has 0 bridgehead atoms. The Kier molecular flexibility index (Phi) is 5.11. The van der Waals surface area contributed by atoms with Gasteiger partial charge in [0.2, 0.25) is 0 Å². The number of nitrogens with one attached hydrogen (secondary N) is 1. The summed E-state index contributed by atoms with van der Waals surface area (Å²) in [6, 6.07) is 5.65. The fourth-order valence-corrected chi connectivity index (χ4v) is 1.39. The van der Waals surface area contributed by atoms with E-state index < -0.39 is 5.97 Å². The maximum Gasteiger partial charge on any atom is 0.330 e. The summed E-state index contributed by atoms with van der Waals surface area (Å²) in [5.41, 5.74) is 2.84. The van der Waals surface area contributed by atoms with Crippen LogP contribution in [0.2, 0.25) is 0 Å². The molecule has 0 saturated carbocycles. The largest absolute Gasteiger partial charge is 0.452 e. The SMILES string of the molecule is C/C=C/C(=O)OCC(=O)Nc1cccc(C)c1C. The minimum absolute atomic E-state index is 0.281. The van der Waals surface area contributed by atoms with Crippen LogP contribution in [0, 0.1) is 13.8 Å². The van der Waals surface area contributed by atoms with E-state index in [0.29, 0.717) is 0 Å². The van der Waals surface area contributed by atoms with Crippen molar-refractivity contribution in [2.24, 2.45) is 0 Å². The van der Waals surface area contributed by atoms with Gasteiger partial charge < -0.3 is 10.1 Å². The monoisotopic (exact) mass is 247 g/mol. The van der Waals surface area contributed by atoms with Gasteiger partial charge in [-0.1, -0.05) is 18.2 Å². The molecule has 1 aromatic carbocycles. The first-order valence-corrected chi connectivity index (χ1v) is 5.70. The average molecular weight is 247 g/mol. The number of hydrogen-bond acceptors (Lipinski definition) is 3. The van der Waals surface area contributed by atoms with Gasteiger partial charge in [0.15, 0.2) is 6.61 Å². The van der Waals surface area contributed by atoms with Crippen LogP contribution in [0.25, 0.3) is 0 Å². The molecular formula is C14H17NO3. The topological polar surface area (TPSA) is 55.4 Å². The molecule has 1 aromatic rings. The fraction of sp³-hybridized carbons (Fsp3) is 0.286. The Morgan fingerprint density at radius 2 is 2.06 bits per heavy atom. The van der Waals surface area contributed by atoms with Crippen LogP contribution in [0.3, 0.4) is 0 Å². The van der Waals surface area contributed by atoms with Crippen molar-refractivity contribution in [2.45, 2.75) is 20.8 Å². The highest BCUT2D eigenvalue weighted by molar-refractivity contribution is 5.94. The molecule has 0 aliphatic heterocycles. The predicted octanol–water partition coefficient (Wildman–Crippen LogP) is 2.36. The molecule has 1 N–H and O–H groups in total. The molecule has 1 amide bonds. The lowest BCUT2D eigenvalue weighted by Gasteiger charge is -2.10. The molecule has 0 radical (unpaired) electrons.